The summed E-state index contributed by atoms with van der Waals surface area (Å²) in [5.74, 6) is 0.571. The highest BCUT2D eigenvalue weighted by Crippen LogP contribution is 2.79. The molecule has 11 aromatic rings. The van der Waals surface area contributed by atoms with Crippen LogP contribution in [0.2, 0.25) is 0 Å². The molecule has 0 aliphatic heterocycles. The molecule has 0 radical (unpaired) electrons. The average molecular weight is 591 g/mol. The van der Waals surface area contributed by atoms with Gasteiger partial charge in [-0.05, 0) is 213 Å². The molecule has 214 valence electrons. The molecule has 2 atom stereocenters. The SMILES string of the molecule is CC12CCC(C)(CC1)C13C=c4cc5c6c4c4c1c1c7c(cc8c7c7c9c(cc%10c%11c%12c(cc(c%13c6c6c4c1c7c(c%119)c6c%12%13)C5)C%10)C8)C23. The van der Waals surface area contributed by atoms with E-state index in [1.54, 1.807) is 152 Å². The number of fused-ring (bicyclic) bond motifs is 2. The summed E-state index contributed by atoms with van der Waals surface area (Å²) in [5.41, 5.74) is 14.1. The molecule has 3 fully saturated rings. The lowest BCUT2D eigenvalue weighted by molar-refractivity contribution is -0.0620. The van der Waals surface area contributed by atoms with E-state index < -0.39 is 0 Å². The van der Waals surface area contributed by atoms with E-state index in [2.05, 4.69) is 44.2 Å². The molecule has 8 aliphatic rings. The molecular weight excluding hydrogens is 565 g/mol. The second-order valence-corrected chi connectivity index (χ2v) is 18.7. The van der Waals surface area contributed by atoms with Crippen LogP contribution in [0.3, 0.4) is 0 Å². The molecule has 0 nitrogen and oxygen atoms in total. The summed E-state index contributed by atoms with van der Waals surface area (Å²) in [7, 11) is 0. The van der Waals surface area contributed by atoms with Crippen LogP contribution >= 0.6 is 0 Å². The molecule has 11 aromatic carbocycles. The molecule has 47 heavy (non-hydrogen) atoms. The van der Waals surface area contributed by atoms with Gasteiger partial charge in [-0.15, -0.1) is 0 Å². The number of hydrogen-bond acceptors (Lipinski definition) is 0. The minimum absolute atomic E-state index is 0.0769. The van der Waals surface area contributed by atoms with Crippen LogP contribution in [0.4, 0.5) is 0 Å². The van der Waals surface area contributed by atoms with E-state index in [0.717, 1.165) is 19.3 Å². The molecule has 2 bridgehead atoms. The zero-order valence-corrected chi connectivity index (χ0v) is 26.4. The molecule has 19 rings (SSSR count). The van der Waals surface area contributed by atoms with Crippen molar-refractivity contribution in [2.24, 2.45) is 10.8 Å². The maximum absolute atomic E-state index is 2.96. The van der Waals surface area contributed by atoms with Gasteiger partial charge in [0.2, 0.25) is 0 Å². The van der Waals surface area contributed by atoms with E-state index in [0.29, 0.717) is 16.7 Å². The first-order chi connectivity index (χ1) is 23.0. The van der Waals surface area contributed by atoms with Crippen LogP contribution in [0, 0.1) is 10.8 Å². The molecular formula is C47H26. The van der Waals surface area contributed by atoms with Crippen LogP contribution < -0.4 is 5.22 Å². The summed E-state index contributed by atoms with van der Waals surface area (Å²) in [6, 6.07) is 10.9. The molecule has 0 amide bonds. The fourth-order valence-electron chi connectivity index (χ4n) is 16.3. The quantitative estimate of drug-likeness (QED) is 0.154. The average Bonchev–Trinajstić information content (AvgIpc) is 3.88. The van der Waals surface area contributed by atoms with Gasteiger partial charge < -0.3 is 0 Å². The highest BCUT2D eigenvalue weighted by molar-refractivity contribution is 6.63. The Hall–Kier alpha value is -4.42. The van der Waals surface area contributed by atoms with Crippen molar-refractivity contribution in [2.75, 3.05) is 0 Å². The van der Waals surface area contributed by atoms with Gasteiger partial charge in [0.25, 0.3) is 0 Å². The highest BCUT2D eigenvalue weighted by Gasteiger charge is 2.68. The van der Waals surface area contributed by atoms with Crippen molar-refractivity contribution in [2.45, 2.75) is 70.1 Å². The largest absolute Gasteiger partial charge is 0.0648 e. The zero-order chi connectivity index (χ0) is 29.3. The second kappa shape index (κ2) is 5.13. The summed E-state index contributed by atoms with van der Waals surface area (Å²) in [5, 5.41) is 35.1. The highest BCUT2D eigenvalue weighted by atomic mass is 14.7. The molecule has 8 aliphatic carbocycles. The Morgan fingerprint density at radius 2 is 0.851 bits per heavy atom. The first-order valence-corrected chi connectivity index (χ1v) is 18.5. The lowest BCUT2D eigenvalue weighted by Crippen LogP contribution is -2.61. The van der Waals surface area contributed by atoms with E-state index in [-0.39, 0.29) is 5.41 Å². The minimum atomic E-state index is 0.0769. The predicted molar refractivity (Wildman–Crippen MR) is 196 cm³/mol. The van der Waals surface area contributed by atoms with Gasteiger partial charge in [0.1, 0.15) is 0 Å². The topological polar surface area (TPSA) is 0 Å². The van der Waals surface area contributed by atoms with Gasteiger partial charge in [0.15, 0.2) is 0 Å². The molecule has 3 saturated carbocycles. The molecule has 2 unspecified atom stereocenters. The van der Waals surface area contributed by atoms with Crippen LogP contribution in [0.25, 0.3) is 114 Å². The van der Waals surface area contributed by atoms with Crippen LogP contribution in [-0.2, 0) is 24.7 Å². The van der Waals surface area contributed by atoms with Crippen LogP contribution in [0.5, 0.6) is 0 Å². The first-order valence-electron chi connectivity index (χ1n) is 18.5. The van der Waals surface area contributed by atoms with E-state index in [4.69, 9.17) is 0 Å². The van der Waals surface area contributed by atoms with Crippen molar-refractivity contribution in [1.29, 1.82) is 0 Å². The summed E-state index contributed by atoms with van der Waals surface area (Å²) < 4.78 is 0. The first kappa shape index (κ1) is 20.7. The van der Waals surface area contributed by atoms with Gasteiger partial charge in [0, 0.05) is 11.3 Å². The van der Waals surface area contributed by atoms with E-state index in [1.165, 1.54) is 25.7 Å². The Morgan fingerprint density at radius 3 is 1.45 bits per heavy atom. The van der Waals surface area contributed by atoms with Crippen molar-refractivity contribution >= 4 is 114 Å². The second-order valence-electron chi connectivity index (χ2n) is 18.7. The van der Waals surface area contributed by atoms with Crippen molar-refractivity contribution in [3.63, 3.8) is 0 Å². The molecule has 0 heterocycles. The van der Waals surface area contributed by atoms with Gasteiger partial charge in [-0.25, -0.2) is 0 Å². The third kappa shape index (κ3) is 1.43. The monoisotopic (exact) mass is 590 g/mol. The van der Waals surface area contributed by atoms with Crippen molar-refractivity contribution in [3.05, 3.63) is 74.0 Å². The maximum Gasteiger partial charge on any atom is 0.0281 e. The molecule has 0 saturated heterocycles. The van der Waals surface area contributed by atoms with Gasteiger partial charge in [-0.3, -0.25) is 0 Å². The van der Waals surface area contributed by atoms with E-state index >= 15 is 0 Å². The Bertz CT molecular complexity index is 3610. The zero-order valence-electron chi connectivity index (χ0n) is 26.4. The third-order valence-electron chi connectivity index (χ3n) is 17.5. The summed E-state index contributed by atoms with van der Waals surface area (Å²) >= 11 is 0. The van der Waals surface area contributed by atoms with Crippen molar-refractivity contribution in [1.82, 2.24) is 0 Å². The normalized spacial score (nSPS) is 30.4. The standard InChI is InChI=1S/C47H26/c1-45-3-5-46(2,6-4-45)47-14-21-12-19-10-17-8-15-7-16-9-18-11-20-13-22(44(45)47)30-26(20)34-28(18)32-24(16)23(15)31-27(17)33-25(19)29(21)41-39-37(33)35(31)36(32)38(34)40(39)42(30)43(41)47/h8-9,12-14,44H,3-7,10-11H2,1-2H3. The Morgan fingerprint density at radius 1 is 0.426 bits per heavy atom. The molecule has 0 N–H and O–H groups in total. The Kier molecular flexibility index (Phi) is 2.26. The number of hydrogen-bond donors (Lipinski definition) is 0. The number of rotatable bonds is 0. The van der Waals surface area contributed by atoms with E-state index in [9.17, 15) is 0 Å². The summed E-state index contributed by atoms with van der Waals surface area (Å²) in [6.45, 7) is 5.47. The third-order valence-corrected chi connectivity index (χ3v) is 17.5. The van der Waals surface area contributed by atoms with Crippen LogP contribution in [0.1, 0.15) is 90.0 Å². The lowest BCUT2D eigenvalue weighted by Gasteiger charge is -2.68. The number of benzene rings is 6. The molecule has 0 aromatic heterocycles. The smallest absolute Gasteiger partial charge is 0.0281 e. The van der Waals surface area contributed by atoms with Crippen LogP contribution in [-0.4, -0.2) is 0 Å². The minimum Gasteiger partial charge on any atom is -0.0648 e. The Labute approximate surface area is 267 Å². The van der Waals surface area contributed by atoms with Crippen molar-refractivity contribution in [3.8, 4) is 0 Å². The van der Waals surface area contributed by atoms with E-state index in [1.807, 2.05) is 5.56 Å². The lowest BCUT2D eigenvalue weighted by atomic mass is 9.35. The van der Waals surface area contributed by atoms with Gasteiger partial charge >= 0.3 is 0 Å². The van der Waals surface area contributed by atoms with Gasteiger partial charge in [0.05, 0.1) is 0 Å². The van der Waals surface area contributed by atoms with Crippen molar-refractivity contribution < 1.29 is 0 Å². The molecule has 0 heteroatoms. The van der Waals surface area contributed by atoms with Gasteiger partial charge in [-0.1, -0.05) is 44.2 Å². The van der Waals surface area contributed by atoms with Gasteiger partial charge in [-0.2, -0.15) is 0 Å². The maximum atomic E-state index is 2.96. The Balaban J connectivity index is 1.35. The molecule has 1 spiro atoms. The summed E-state index contributed by atoms with van der Waals surface area (Å²) in [6.07, 6.45) is 11.8. The fourth-order valence-corrected chi connectivity index (χ4v) is 16.3. The summed E-state index contributed by atoms with van der Waals surface area (Å²) in [4.78, 5) is 0. The predicted octanol–water partition coefficient (Wildman–Crippen LogP) is 11.0. The fraction of sp³-hybridized carbons (Fsp3) is 0.277. The van der Waals surface area contributed by atoms with Crippen LogP contribution in [0.15, 0.2) is 24.3 Å².